The molecule has 1 amide bonds. The van der Waals surface area contributed by atoms with Crippen molar-refractivity contribution in [1.29, 1.82) is 0 Å². The van der Waals surface area contributed by atoms with Crippen LogP contribution in [0.5, 0.6) is 5.75 Å². The van der Waals surface area contributed by atoms with Crippen molar-refractivity contribution in [1.82, 2.24) is 5.32 Å². The van der Waals surface area contributed by atoms with Gasteiger partial charge in [0.05, 0.1) is 7.11 Å². The predicted molar refractivity (Wildman–Crippen MR) is 118 cm³/mol. The number of aliphatic hydroxyl groups is 1. The van der Waals surface area contributed by atoms with Crippen molar-refractivity contribution in [2.45, 2.75) is 63.7 Å². The Labute approximate surface area is 185 Å². The van der Waals surface area contributed by atoms with E-state index in [-0.39, 0.29) is 30.4 Å². The molecule has 3 unspecified atom stereocenters. The Morgan fingerprint density at radius 3 is 2.65 bits per heavy atom. The lowest BCUT2D eigenvalue weighted by molar-refractivity contribution is -0.167. The number of carbonyl (C=O) groups is 1. The van der Waals surface area contributed by atoms with Crippen molar-refractivity contribution < 1.29 is 24.1 Å². The number of benzene rings is 1. The van der Waals surface area contributed by atoms with Crippen molar-refractivity contribution >= 4 is 5.91 Å². The van der Waals surface area contributed by atoms with Crippen LogP contribution in [-0.2, 0) is 14.3 Å². The molecular formula is C25H35NO5. The summed E-state index contributed by atoms with van der Waals surface area (Å²) in [5, 5.41) is 12.7. The van der Waals surface area contributed by atoms with Crippen LogP contribution in [0.3, 0.4) is 0 Å². The van der Waals surface area contributed by atoms with Crippen LogP contribution in [0.1, 0.15) is 56.9 Å². The molecule has 0 aromatic heterocycles. The Hall–Kier alpha value is -2.05. The Morgan fingerprint density at radius 2 is 2.03 bits per heavy atom. The van der Waals surface area contributed by atoms with E-state index >= 15 is 0 Å². The topological polar surface area (TPSA) is 77.0 Å². The summed E-state index contributed by atoms with van der Waals surface area (Å²) < 4.78 is 17.3. The first-order chi connectivity index (χ1) is 15.1. The first kappa shape index (κ1) is 22.2. The summed E-state index contributed by atoms with van der Waals surface area (Å²) in [5.74, 6) is 2.35. The molecule has 2 N–H and O–H groups in total. The fourth-order valence-electron chi connectivity index (χ4n) is 5.63. The van der Waals surface area contributed by atoms with Gasteiger partial charge in [-0.2, -0.15) is 0 Å². The van der Waals surface area contributed by atoms with Gasteiger partial charge in [0, 0.05) is 31.1 Å². The third kappa shape index (κ3) is 4.90. The molecule has 170 valence electrons. The summed E-state index contributed by atoms with van der Waals surface area (Å²) >= 11 is 0. The first-order valence-corrected chi connectivity index (χ1v) is 11.7. The molecule has 31 heavy (non-hydrogen) atoms. The molecule has 1 aliphatic heterocycles. The summed E-state index contributed by atoms with van der Waals surface area (Å²) in [7, 11) is 1.65. The number of carbonyl (C=O) groups excluding carboxylic acids is 1. The van der Waals surface area contributed by atoms with Crippen LogP contribution < -0.4 is 10.1 Å². The molecule has 0 radical (unpaired) electrons. The van der Waals surface area contributed by atoms with Crippen molar-refractivity contribution in [3.05, 3.63) is 41.7 Å². The molecule has 2 aliphatic carbocycles. The average Bonchev–Trinajstić information content (AvgIpc) is 3.41. The molecule has 2 fully saturated rings. The van der Waals surface area contributed by atoms with E-state index in [1.807, 2.05) is 37.3 Å². The number of amides is 1. The lowest BCUT2D eigenvalue weighted by atomic mass is 9.80. The minimum Gasteiger partial charge on any atom is -0.497 e. The lowest BCUT2D eigenvalue weighted by Gasteiger charge is -2.37. The number of ether oxygens (including phenoxy) is 3. The fourth-order valence-corrected chi connectivity index (χ4v) is 5.63. The highest BCUT2D eigenvalue weighted by Crippen LogP contribution is 2.45. The van der Waals surface area contributed by atoms with Gasteiger partial charge in [0.1, 0.15) is 5.75 Å². The second-order valence-corrected chi connectivity index (χ2v) is 9.06. The van der Waals surface area contributed by atoms with Crippen molar-refractivity contribution in [3.63, 3.8) is 0 Å². The highest BCUT2D eigenvalue weighted by atomic mass is 16.7. The number of rotatable bonds is 9. The van der Waals surface area contributed by atoms with E-state index in [0.29, 0.717) is 24.7 Å². The van der Waals surface area contributed by atoms with Crippen LogP contribution in [0.4, 0.5) is 0 Å². The zero-order valence-corrected chi connectivity index (χ0v) is 18.6. The van der Waals surface area contributed by atoms with Gasteiger partial charge in [-0.3, -0.25) is 4.79 Å². The van der Waals surface area contributed by atoms with E-state index in [1.165, 1.54) is 19.3 Å². The van der Waals surface area contributed by atoms with E-state index in [1.54, 1.807) is 7.11 Å². The molecule has 2 saturated carbocycles. The fraction of sp³-hybridized carbons (Fsp3) is 0.640. The predicted octanol–water partition coefficient (Wildman–Crippen LogP) is 3.75. The number of aliphatic hydroxyl groups excluding tert-OH is 1. The minimum absolute atomic E-state index is 0.0135. The molecule has 4 rings (SSSR count). The lowest BCUT2D eigenvalue weighted by Crippen LogP contribution is -2.43. The zero-order valence-electron chi connectivity index (χ0n) is 18.6. The molecule has 0 spiro atoms. The molecule has 6 nitrogen and oxygen atoms in total. The Balaban J connectivity index is 1.58. The van der Waals surface area contributed by atoms with E-state index in [2.05, 4.69) is 5.32 Å². The molecule has 1 heterocycles. The maximum atomic E-state index is 13.2. The molecule has 6 heteroatoms. The van der Waals surface area contributed by atoms with Gasteiger partial charge in [0.2, 0.25) is 6.29 Å². The molecule has 1 aromatic carbocycles. The molecular weight excluding hydrogens is 394 g/mol. The number of fused-ring (bicyclic) bond motifs is 2. The second kappa shape index (κ2) is 10.0. The number of hydrogen-bond acceptors (Lipinski definition) is 5. The summed E-state index contributed by atoms with van der Waals surface area (Å²) in [5.41, 5.74) is 1.09. The van der Waals surface area contributed by atoms with Crippen molar-refractivity contribution in [3.8, 4) is 5.75 Å². The van der Waals surface area contributed by atoms with Gasteiger partial charge in [-0.25, -0.2) is 0 Å². The van der Waals surface area contributed by atoms with Gasteiger partial charge >= 0.3 is 0 Å². The minimum atomic E-state index is -0.519. The number of methoxy groups -OCH3 is 1. The largest absolute Gasteiger partial charge is 0.497 e. The van der Waals surface area contributed by atoms with Crippen LogP contribution in [0.2, 0.25) is 0 Å². The van der Waals surface area contributed by atoms with Gasteiger partial charge in [0.25, 0.3) is 5.91 Å². The van der Waals surface area contributed by atoms with Crippen LogP contribution in [0.25, 0.3) is 0 Å². The van der Waals surface area contributed by atoms with Crippen LogP contribution in [0.15, 0.2) is 36.1 Å². The van der Waals surface area contributed by atoms with E-state index in [0.717, 1.165) is 30.1 Å². The highest BCUT2D eigenvalue weighted by Gasteiger charge is 2.42. The third-order valence-electron chi connectivity index (χ3n) is 7.19. The number of nitrogens with one attached hydrogen (secondary N) is 1. The van der Waals surface area contributed by atoms with Gasteiger partial charge in [-0.15, -0.1) is 0 Å². The Kier molecular flexibility index (Phi) is 7.18. The van der Waals surface area contributed by atoms with E-state index in [9.17, 15) is 9.90 Å². The Morgan fingerprint density at radius 1 is 1.23 bits per heavy atom. The summed E-state index contributed by atoms with van der Waals surface area (Å²) in [6.45, 7) is 2.55. The maximum absolute atomic E-state index is 13.2. The van der Waals surface area contributed by atoms with Gasteiger partial charge in [0.15, 0.2) is 5.76 Å². The average molecular weight is 430 g/mol. The second-order valence-electron chi connectivity index (χ2n) is 9.06. The zero-order chi connectivity index (χ0) is 21.8. The molecule has 3 aliphatic rings. The number of hydrogen-bond donors (Lipinski definition) is 2. The molecule has 6 atom stereocenters. The normalized spacial score (nSPS) is 31.8. The monoisotopic (exact) mass is 429 g/mol. The van der Waals surface area contributed by atoms with E-state index < -0.39 is 6.29 Å². The van der Waals surface area contributed by atoms with E-state index in [4.69, 9.17) is 14.2 Å². The number of allylic oxidation sites excluding steroid dienone is 1. The summed E-state index contributed by atoms with van der Waals surface area (Å²) in [4.78, 5) is 13.2. The van der Waals surface area contributed by atoms with Crippen LogP contribution in [0, 0.1) is 17.8 Å². The third-order valence-corrected chi connectivity index (χ3v) is 7.19. The van der Waals surface area contributed by atoms with Crippen LogP contribution >= 0.6 is 0 Å². The standard InChI is InChI=1S/C25H35NO5/c1-3-30-25-20(5-4-12-27)21(17-8-10-19(29-2)11-9-17)15-23(31-25)24(28)26-22-14-16-6-7-18(22)13-16/h8-11,15-16,18,20-22,25,27H,3-7,12-14H2,1-2H3,(H,26,28)/t16?,18?,20-,21+,22?,25+/m1/s1. The SMILES string of the molecule is CCO[C@H]1OC(C(=O)NC2CC3CCC2C3)=C[C@@H](c2ccc(OC)cc2)[C@H]1CCCO. The summed E-state index contributed by atoms with van der Waals surface area (Å²) in [6.07, 6.45) is 7.67. The smallest absolute Gasteiger partial charge is 0.286 e. The highest BCUT2D eigenvalue weighted by molar-refractivity contribution is 5.92. The quantitative estimate of drug-likeness (QED) is 0.625. The van der Waals surface area contributed by atoms with Crippen LogP contribution in [-0.4, -0.2) is 43.7 Å². The van der Waals surface area contributed by atoms with Gasteiger partial charge < -0.3 is 24.6 Å². The first-order valence-electron chi connectivity index (χ1n) is 11.7. The van der Waals surface area contributed by atoms with Gasteiger partial charge in [-0.05, 0) is 74.6 Å². The maximum Gasteiger partial charge on any atom is 0.286 e. The Bertz CT molecular complexity index is 777. The molecule has 1 aromatic rings. The molecule has 2 bridgehead atoms. The van der Waals surface area contributed by atoms with Gasteiger partial charge in [-0.1, -0.05) is 18.6 Å². The van der Waals surface area contributed by atoms with Crippen molar-refractivity contribution in [2.75, 3.05) is 20.3 Å². The van der Waals surface area contributed by atoms with Crippen molar-refractivity contribution in [2.24, 2.45) is 17.8 Å². The molecule has 0 saturated heterocycles. The summed E-state index contributed by atoms with van der Waals surface area (Å²) in [6, 6.07) is 8.20.